The maximum Gasteiger partial charge on any atom is 0.217 e. The minimum Gasteiger partial charge on any atom is -0.477 e. The quantitative estimate of drug-likeness (QED) is 0.792. The highest BCUT2D eigenvalue weighted by Gasteiger charge is 2.14. The van der Waals surface area contributed by atoms with Gasteiger partial charge in [0.05, 0.1) is 6.61 Å². The second-order valence-corrected chi connectivity index (χ2v) is 4.81. The predicted molar refractivity (Wildman–Crippen MR) is 61.8 cm³/mol. The molecule has 0 aliphatic heterocycles. The molecular formula is C11H15BrN2O. The summed E-state index contributed by atoms with van der Waals surface area (Å²) >= 11 is 3.30. The number of halogens is 1. The second kappa shape index (κ2) is 5.45. The largest absolute Gasteiger partial charge is 0.477 e. The fourth-order valence-corrected chi connectivity index (χ4v) is 2.24. The first-order valence-corrected chi connectivity index (χ1v) is 6.24. The predicted octanol–water partition coefficient (Wildman–Crippen LogP) is 3.20. The van der Waals surface area contributed by atoms with Gasteiger partial charge in [0.25, 0.3) is 0 Å². The van der Waals surface area contributed by atoms with Crippen molar-refractivity contribution in [1.82, 2.24) is 9.97 Å². The molecule has 0 radical (unpaired) electrons. The molecule has 1 aromatic rings. The number of hydrogen-bond donors (Lipinski definition) is 0. The molecule has 0 bridgehead atoms. The molecule has 1 aromatic heterocycles. The zero-order chi connectivity index (χ0) is 10.5. The summed E-state index contributed by atoms with van der Waals surface area (Å²) in [6.07, 6.45) is 8.19. The van der Waals surface area contributed by atoms with Crippen LogP contribution in [0.15, 0.2) is 17.0 Å². The van der Waals surface area contributed by atoms with Crippen molar-refractivity contribution in [2.75, 3.05) is 6.61 Å². The molecule has 82 valence electrons. The summed E-state index contributed by atoms with van der Waals surface area (Å²) < 4.78 is 6.42. The van der Waals surface area contributed by atoms with Gasteiger partial charge in [0.15, 0.2) is 0 Å². The van der Waals surface area contributed by atoms with Crippen LogP contribution in [-0.4, -0.2) is 16.6 Å². The Morgan fingerprint density at radius 3 is 2.80 bits per heavy atom. The molecule has 4 heteroatoms. The molecule has 1 fully saturated rings. The van der Waals surface area contributed by atoms with E-state index in [1.807, 2.05) is 6.07 Å². The average molecular weight is 271 g/mol. The van der Waals surface area contributed by atoms with Crippen molar-refractivity contribution in [2.45, 2.75) is 32.1 Å². The van der Waals surface area contributed by atoms with Gasteiger partial charge in [-0.05, 0) is 34.7 Å². The molecule has 0 saturated heterocycles. The van der Waals surface area contributed by atoms with Crippen molar-refractivity contribution in [3.8, 4) is 5.88 Å². The Kier molecular flexibility index (Phi) is 3.94. The highest BCUT2D eigenvalue weighted by atomic mass is 79.9. The zero-order valence-corrected chi connectivity index (χ0v) is 10.2. The van der Waals surface area contributed by atoms with E-state index in [1.165, 1.54) is 38.4 Å². The topological polar surface area (TPSA) is 35.0 Å². The van der Waals surface area contributed by atoms with Gasteiger partial charge in [0, 0.05) is 6.07 Å². The number of hydrogen-bond acceptors (Lipinski definition) is 3. The first kappa shape index (κ1) is 10.9. The van der Waals surface area contributed by atoms with E-state index in [1.54, 1.807) is 0 Å². The fraction of sp³-hybridized carbons (Fsp3) is 0.636. The lowest BCUT2D eigenvalue weighted by Crippen LogP contribution is -2.15. The highest BCUT2D eigenvalue weighted by Crippen LogP contribution is 2.24. The van der Waals surface area contributed by atoms with Crippen LogP contribution < -0.4 is 4.74 Å². The molecule has 1 saturated carbocycles. The lowest BCUT2D eigenvalue weighted by atomic mass is 9.90. The van der Waals surface area contributed by atoms with Gasteiger partial charge in [0.2, 0.25) is 5.88 Å². The van der Waals surface area contributed by atoms with Crippen molar-refractivity contribution < 1.29 is 4.74 Å². The van der Waals surface area contributed by atoms with E-state index in [-0.39, 0.29) is 0 Å². The lowest BCUT2D eigenvalue weighted by molar-refractivity contribution is 0.202. The Hall–Kier alpha value is -0.640. The van der Waals surface area contributed by atoms with E-state index in [9.17, 15) is 0 Å². The maximum atomic E-state index is 5.65. The fourth-order valence-electron chi connectivity index (χ4n) is 1.95. The van der Waals surface area contributed by atoms with Crippen molar-refractivity contribution in [3.63, 3.8) is 0 Å². The number of ether oxygens (including phenoxy) is 1. The van der Waals surface area contributed by atoms with Crippen LogP contribution in [0.3, 0.4) is 0 Å². The van der Waals surface area contributed by atoms with Crippen LogP contribution in [0.1, 0.15) is 32.1 Å². The molecular weight excluding hydrogens is 256 g/mol. The van der Waals surface area contributed by atoms with E-state index >= 15 is 0 Å². The van der Waals surface area contributed by atoms with Gasteiger partial charge < -0.3 is 4.74 Å². The number of aromatic nitrogens is 2. The van der Waals surface area contributed by atoms with Crippen LogP contribution in [0.2, 0.25) is 0 Å². The van der Waals surface area contributed by atoms with Gasteiger partial charge >= 0.3 is 0 Å². The monoisotopic (exact) mass is 270 g/mol. The SMILES string of the molecule is Brc1cc(OCC2CCCCC2)ncn1. The summed E-state index contributed by atoms with van der Waals surface area (Å²) in [5.41, 5.74) is 0. The highest BCUT2D eigenvalue weighted by molar-refractivity contribution is 9.10. The normalized spacial score (nSPS) is 17.7. The Bertz CT molecular complexity index is 313. The molecule has 0 unspecified atom stereocenters. The van der Waals surface area contributed by atoms with Gasteiger partial charge in [-0.3, -0.25) is 0 Å². The molecule has 1 aliphatic carbocycles. The van der Waals surface area contributed by atoms with Gasteiger partial charge in [0.1, 0.15) is 10.9 Å². The number of nitrogens with zero attached hydrogens (tertiary/aromatic N) is 2. The van der Waals surface area contributed by atoms with Crippen LogP contribution in [0.4, 0.5) is 0 Å². The summed E-state index contributed by atoms with van der Waals surface area (Å²) in [6, 6.07) is 1.81. The average Bonchev–Trinajstić information content (AvgIpc) is 2.28. The van der Waals surface area contributed by atoms with Gasteiger partial charge in [-0.1, -0.05) is 19.3 Å². The molecule has 0 N–H and O–H groups in total. The Morgan fingerprint density at radius 1 is 1.27 bits per heavy atom. The molecule has 2 rings (SSSR count). The maximum absolute atomic E-state index is 5.65. The summed E-state index contributed by atoms with van der Waals surface area (Å²) in [6.45, 7) is 0.795. The summed E-state index contributed by atoms with van der Waals surface area (Å²) in [7, 11) is 0. The van der Waals surface area contributed by atoms with Crippen molar-refractivity contribution in [3.05, 3.63) is 17.0 Å². The first-order chi connectivity index (χ1) is 7.34. The van der Waals surface area contributed by atoms with Crippen LogP contribution in [0.25, 0.3) is 0 Å². The first-order valence-electron chi connectivity index (χ1n) is 5.45. The standard InChI is InChI=1S/C11H15BrN2O/c12-10-6-11(14-8-13-10)15-7-9-4-2-1-3-5-9/h6,8-9H,1-5,7H2. The molecule has 0 aromatic carbocycles. The van der Waals surface area contributed by atoms with Crippen LogP contribution >= 0.6 is 15.9 Å². The van der Waals surface area contributed by atoms with E-state index in [2.05, 4.69) is 25.9 Å². The van der Waals surface area contributed by atoms with Crippen molar-refractivity contribution >= 4 is 15.9 Å². The zero-order valence-electron chi connectivity index (χ0n) is 8.66. The van der Waals surface area contributed by atoms with Gasteiger partial charge in [-0.25, -0.2) is 9.97 Å². The minimum absolute atomic E-state index is 0.669. The summed E-state index contributed by atoms with van der Waals surface area (Å²) in [5.74, 6) is 1.38. The third-order valence-corrected chi connectivity index (χ3v) is 3.23. The van der Waals surface area contributed by atoms with Crippen molar-refractivity contribution in [2.24, 2.45) is 5.92 Å². The third kappa shape index (κ3) is 3.45. The minimum atomic E-state index is 0.669. The van der Waals surface area contributed by atoms with E-state index < -0.39 is 0 Å². The summed E-state index contributed by atoms with van der Waals surface area (Å²) in [4.78, 5) is 8.02. The van der Waals surface area contributed by atoms with Crippen molar-refractivity contribution in [1.29, 1.82) is 0 Å². The van der Waals surface area contributed by atoms with Crippen LogP contribution in [-0.2, 0) is 0 Å². The number of rotatable bonds is 3. The van der Waals surface area contributed by atoms with Crippen LogP contribution in [0, 0.1) is 5.92 Å². The molecule has 1 heterocycles. The third-order valence-electron chi connectivity index (χ3n) is 2.80. The second-order valence-electron chi connectivity index (χ2n) is 3.99. The summed E-state index contributed by atoms with van der Waals surface area (Å²) in [5, 5.41) is 0. The smallest absolute Gasteiger partial charge is 0.217 e. The molecule has 1 aliphatic rings. The van der Waals surface area contributed by atoms with Crippen LogP contribution in [0.5, 0.6) is 5.88 Å². The lowest BCUT2D eigenvalue weighted by Gasteiger charge is -2.21. The molecule has 0 spiro atoms. The Morgan fingerprint density at radius 2 is 2.07 bits per heavy atom. The molecule has 0 amide bonds. The Labute approximate surface area is 98.4 Å². The Balaban J connectivity index is 1.81. The van der Waals surface area contributed by atoms with Gasteiger partial charge in [-0.2, -0.15) is 0 Å². The van der Waals surface area contributed by atoms with E-state index in [0.29, 0.717) is 11.8 Å². The van der Waals surface area contributed by atoms with E-state index in [0.717, 1.165) is 11.2 Å². The molecule has 3 nitrogen and oxygen atoms in total. The molecule has 0 atom stereocenters. The van der Waals surface area contributed by atoms with E-state index in [4.69, 9.17) is 4.74 Å². The molecule has 15 heavy (non-hydrogen) atoms. The van der Waals surface area contributed by atoms with Gasteiger partial charge in [-0.15, -0.1) is 0 Å².